The molecule has 0 saturated heterocycles. The van der Waals surface area contributed by atoms with Crippen LogP contribution < -0.4 is 0 Å². The topological polar surface area (TPSA) is 0 Å². The summed E-state index contributed by atoms with van der Waals surface area (Å²) in [5, 5.41) is 0. The molecule has 0 heteroatoms. The summed E-state index contributed by atoms with van der Waals surface area (Å²) in [5.41, 5.74) is 1.97. The van der Waals surface area contributed by atoms with Gasteiger partial charge in [-0.25, -0.2) is 0 Å². The van der Waals surface area contributed by atoms with Crippen LogP contribution in [-0.2, 0) is 0 Å². The Hall–Kier alpha value is -0.260. The summed E-state index contributed by atoms with van der Waals surface area (Å²) >= 11 is 0. The first kappa shape index (κ1) is 9.83. The fourth-order valence-electron chi connectivity index (χ4n) is 2.77. The Labute approximate surface area is 77.1 Å². The van der Waals surface area contributed by atoms with Gasteiger partial charge in [-0.3, -0.25) is 0 Å². The predicted octanol–water partition coefficient (Wildman–Crippen LogP) is 4.02. The van der Waals surface area contributed by atoms with E-state index in [1.165, 1.54) is 24.8 Å². The van der Waals surface area contributed by atoms with Crippen LogP contribution in [0.25, 0.3) is 0 Å². The SMILES string of the molecule is C=C(C)C(C)C1(CC)CCC1C. The van der Waals surface area contributed by atoms with E-state index in [2.05, 4.69) is 34.3 Å². The van der Waals surface area contributed by atoms with Crippen molar-refractivity contribution in [2.24, 2.45) is 17.3 Å². The third kappa shape index (κ3) is 1.22. The van der Waals surface area contributed by atoms with Crippen molar-refractivity contribution in [2.45, 2.75) is 47.0 Å². The van der Waals surface area contributed by atoms with Gasteiger partial charge in [0, 0.05) is 0 Å². The van der Waals surface area contributed by atoms with Crippen molar-refractivity contribution >= 4 is 0 Å². The number of rotatable bonds is 3. The van der Waals surface area contributed by atoms with Crippen LogP contribution in [0.15, 0.2) is 12.2 Å². The van der Waals surface area contributed by atoms with Crippen LogP contribution in [0.3, 0.4) is 0 Å². The van der Waals surface area contributed by atoms with Gasteiger partial charge in [-0.15, -0.1) is 0 Å². The van der Waals surface area contributed by atoms with Crippen LogP contribution in [0.5, 0.6) is 0 Å². The molecule has 12 heavy (non-hydrogen) atoms. The largest absolute Gasteiger partial charge is 0.0999 e. The van der Waals surface area contributed by atoms with E-state index in [1.54, 1.807) is 0 Å². The van der Waals surface area contributed by atoms with E-state index in [0.29, 0.717) is 11.3 Å². The fourth-order valence-corrected chi connectivity index (χ4v) is 2.77. The molecule has 0 bridgehead atoms. The Morgan fingerprint density at radius 1 is 1.67 bits per heavy atom. The molecule has 70 valence electrons. The second-order valence-electron chi connectivity index (χ2n) is 4.59. The number of hydrogen-bond donors (Lipinski definition) is 0. The van der Waals surface area contributed by atoms with Gasteiger partial charge in [0.2, 0.25) is 0 Å². The van der Waals surface area contributed by atoms with E-state index in [-0.39, 0.29) is 0 Å². The summed E-state index contributed by atoms with van der Waals surface area (Å²) < 4.78 is 0. The van der Waals surface area contributed by atoms with Crippen molar-refractivity contribution in [3.63, 3.8) is 0 Å². The summed E-state index contributed by atoms with van der Waals surface area (Å²) in [6, 6.07) is 0. The average Bonchev–Trinajstić information content (AvgIpc) is 2.03. The molecule has 0 aromatic rings. The molecule has 3 unspecified atom stereocenters. The predicted molar refractivity (Wildman–Crippen MR) is 55.1 cm³/mol. The molecule has 0 aliphatic heterocycles. The standard InChI is InChI=1S/C12H22/c1-6-12(8-7-10(12)4)11(5)9(2)3/h10-11H,2,6-8H2,1,3-5H3. The molecule has 1 saturated carbocycles. The monoisotopic (exact) mass is 166 g/mol. The van der Waals surface area contributed by atoms with Gasteiger partial charge in [0.05, 0.1) is 0 Å². The van der Waals surface area contributed by atoms with Crippen molar-refractivity contribution in [1.82, 2.24) is 0 Å². The summed E-state index contributed by atoms with van der Waals surface area (Å²) in [6.45, 7) is 13.3. The van der Waals surface area contributed by atoms with E-state index >= 15 is 0 Å². The summed E-state index contributed by atoms with van der Waals surface area (Å²) in [4.78, 5) is 0. The van der Waals surface area contributed by atoms with Crippen molar-refractivity contribution in [3.8, 4) is 0 Å². The van der Waals surface area contributed by atoms with Gasteiger partial charge in [-0.05, 0) is 43.4 Å². The van der Waals surface area contributed by atoms with Crippen molar-refractivity contribution < 1.29 is 0 Å². The maximum atomic E-state index is 4.09. The summed E-state index contributed by atoms with van der Waals surface area (Å²) in [7, 11) is 0. The molecule has 0 spiro atoms. The van der Waals surface area contributed by atoms with E-state index in [1.807, 2.05) is 0 Å². The van der Waals surface area contributed by atoms with Crippen LogP contribution in [-0.4, -0.2) is 0 Å². The van der Waals surface area contributed by atoms with E-state index in [9.17, 15) is 0 Å². The zero-order chi connectivity index (χ0) is 9.35. The van der Waals surface area contributed by atoms with Crippen LogP contribution >= 0.6 is 0 Å². The van der Waals surface area contributed by atoms with E-state index in [0.717, 1.165) is 5.92 Å². The molecule has 0 N–H and O–H groups in total. The lowest BCUT2D eigenvalue weighted by Crippen LogP contribution is -2.43. The maximum Gasteiger partial charge on any atom is -0.0178 e. The Morgan fingerprint density at radius 3 is 2.33 bits per heavy atom. The van der Waals surface area contributed by atoms with Crippen molar-refractivity contribution in [1.29, 1.82) is 0 Å². The first-order chi connectivity index (χ1) is 5.54. The molecular weight excluding hydrogens is 144 g/mol. The van der Waals surface area contributed by atoms with Crippen molar-refractivity contribution in [3.05, 3.63) is 12.2 Å². The highest BCUT2D eigenvalue weighted by atomic mass is 14.5. The lowest BCUT2D eigenvalue weighted by Gasteiger charge is -2.52. The zero-order valence-electron chi connectivity index (χ0n) is 8.98. The van der Waals surface area contributed by atoms with Crippen LogP contribution in [0.2, 0.25) is 0 Å². The van der Waals surface area contributed by atoms with Gasteiger partial charge < -0.3 is 0 Å². The highest BCUT2D eigenvalue weighted by Crippen LogP contribution is 2.55. The minimum atomic E-state index is 0.603. The fraction of sp³-hybridized carbons (Fsp3) is 0.833. The minimum Gasteiger partial charge on any atom is -0.0999 e. The number of allylic oxidation sites excluding steroid dienone is 1. The van der Waals surface area contributed by atoms with Gasteiger partial charge in [0.25, 0.3) is 0 Å². The molecule has 0 aromatic heterocycles. The van der Waals surface area contributed by atoms with E-state index in [4.69, 9.17) is 0 Å². The normalized spacial score (nSPS) is 37.2. The molecule has 1 rings (SSSR count). The lowest BCUT2D eigenvalue weighted by atomic mass is 9.52. The second-order valence-corrected chi connectivity index (χ2v) is 4.59. The van der Waals surface area contributed by atoms with Gasteiger partial charge in [-0.1, -0.05) is 32.9 Å². The zero-order valence-corrected chi connectivity index (χ0v) is 8.98. The smallest absolute Gasteiger partial charge is 0.0178 e. The molecule has 0 heterocycles. The first-order valence-electron chi connectivity index (χ1n) is 5.20. The number of hydrogen-bond acceptors (Lipinski definition) is 0. The Kier molecular flexibility index (Phi) is 2.65. The summed E-state index contributed by atoms with van der Waals surface area (Å²) in [6.07, 6.45) is 4.16. The van der Waals surface area contributed by atoms with Gasteiger partial charge in [-0.2, -0.15) is 0 Å². The Morgan fingerprint density at radius 2 is 2.25 bits per heavy atom. The van der Waals surface area contributed by atoms with E-state index < -0.39 is 0 Å². The Bertz CT molecular complexity index is 176. The summed E-state index contributed by atoms with van der Waals surface area (Å²) in [5.74, 6) is 1.63. The van der Waals surface area contributed by atoms with Gasteiger partial charge in [0.15, 0.2) is 0 Å². The van der Waals surface area contributed by atoms with Crippen LogP contribution in [0, 0.1) is 17.3 Å². The van der Waals surface area contributed by atoms with Crippen LogP contribution in [0.4, 0.5) is 0 Å². The molecule has 0 amide bonds. The quantitative estimate of drug-likeness (QED) is 0.555. The lowest BCUT2D eigenvalue weighted by molar-refractivity contribution is -0.00370. The first-order valence-corrected chi connectivity index (χ1v) is 5.20. The maximum absolute atomic E-state index is 4.09. The molecule has 1 aliphatic carbocycles. The minimum absolute atomic E-state index is 0.603. The van der Waals surface area contributed by atoms with Gasteiger partial charge >= 0.3 is 0 Å². The Balaban J connectivity index is 2.73. The third-order valence-corrected chi connectivity index (χ3v) is 4.28. The molecule has 0 aromatic carbocycles. The highest BCUT2D eigenvalue weighted by molar-refractivity contribution is 5.08. The van der Waals surface area contributed by atoms with Crippen molar-refractivity contribution in [2.75, 3.05) is 0 Å². The molecule has 1 fully saturated rings. The average molecular weight is 166 g/mol. The van der Waals surface area contributed by atoms with Gasteiger partial charge in [0.1, 0.15) is 0 Å². The molecule has 0 radical (unpaired) electrons. The third-order valence-electron chi connectivity index (χ3n) is 4.28. The molecule has 1 aliphatic rings. The molecule has 3 atom stereocenters. The highest BCUT2D eigenvalue weighted by Gasteiger charge is 2.46. The molecular formula is C12H22. The second kappa shape index (κ2) is 3.24. The van der Waals surface area contributed by atoms with Crippen LogP contribution in [0.1, 0.15) is 47.0 Å². The molecule has 0 nitrogen and oxygen atoms in total.